The van der Waals surface area contributed by atoms with Gasteiger partial charge in [0.2, 0.25) is 0 Å². The number of hydrogen-bond donors (Lipinski definition) is 2. The summed E-state index contributed by atoms with van der Waals surface area (Å²) in [5.74, 6) is -1.40. The van der Waals surface area contributed by atoms with Gasteiger partial charge < -0.3 is 14.9 Å². The third kappa shape index (κ3) is 4.37. The monoisotopic (exact) mass is 282 g/mol. The lowest BCUT2D eigenvalue weighted by atomic mass is 9.88. The predicted molar refractivity (Wildman–Crippen MR) is 78.3 cm³/mol. The van der Waals surface area contributed by atoms with Crippen LogP contribution in [0, 0.1) is 5.92 Å². The standard InChI is InChI=1S/C16H26O4/c1-4-5-6-7-8-9-10-13-14(11(2)16(18)19)15(17)12(3)20-13/h13-15,17H,2-10H2,1H3,(H,18,19)/t13-,14-,15+/m1/s1. The molecule has 0 aromatic heterocycles. The lowest BCUT2D eigenvalue weighted by Gasteiger charge is -2.19. The van der Waals surface area contributed by atoms with Crippen LogP contribution in [0.2, 0.25) is 0 Å². The summed E-state index contributed by atoms with van der Waals surface area (Å²) < 4.78 is 5.52. The fourth-order valence-corrected chi connectivity index (χ4v) is 2.66. The van der Waals surface area contributed by atoms with Gasteiger partial charge in [-0.05, 0) is 12.8 Å². The zero-order valence-corrected chi connectivity index (χ0v) is 12.3. The van der Waals surface area contributed by atoms with Gasteiger partial charge in [-0.3, -0.25) is 0 Å². The molecule has 0 aliphatic carbocycles. The Hall–Kier alpha value is -1.29. The first kappa shape index (κ1) is 16.8. The Morgan fingerprint density at radius 3 is 2.45 bits per heavy atom. The van der Waals surface area contributed by atoms with E-state index in [2.05, 4.69) is 20.1 Å². The number of aliphatic hydroxyl groups excluding tert-OH is 1. The van der Waals surface area contributed by atoms with Crippen molar-refractivity contribution >= 4 is 5.97 Å². The molecule has 1 aliphatic heterocycles. The maximum atomic E-state index is 11.0. The average molecular weight is 282 g/mol. The van der Waals surface area contributed by atoms with E-state index in [1.807, 2.05) is 0 Å². The van der Waals surface area contributed by atoms with Crippen molar-refractivity contribution in [3.63, 3.8) is 0 Å². The molecule has 20 heavy (non-hydrogen) atoms. The van der Waals surface area contributed by atoms with Crippen molar-refractivity contribution in [1.29, 1.82) is 0 Å². The van der Waals surface area contributed by atoms with Crippen LogP contribution in [0.3, 0.4) is 0 Å². The molecule has 0 aromatic carbocycles. The summed E-state index contributed by atoms with van der Waals surface area (Å²) in [5.41, 5.74) is 0.00660. The van der Waals surface area contributed by atoms with Gasteiger partial charge in [0.05, 0.1) is 5.92 Å². The summed E-state index contributed by atoms with van der Waals surface area (Å²) in [6, 6.07) is 0. The van der Waals surface area contributed by atoms with Gasteiger partial charge in [0, 0.05) is 5.57 Å². The van der Waals surface area contributed by atoms with E-state index in [-0.39, 0.29) is 17.4 Å². The first-order valence-electron chi connectivity index (χ1n) is 7.44. The van der Waals surface area contributed by atoms with Crippen molar-refractivity contribution in [2.75, 3.05) is 0 Å². The molecule has 0 radical (unpaired) electrons. The van der Waals surface area contributed by atoms with Crippen LogP contribution in [0.25, 0.3) is 0 Å². The normalized spacial score (nSPS) is 25.5. The minimum Gasteiger partial charge on any atom is -0.492 e. The Labute approximate surface area is 121 Å². The van der Waals surface area contributed by atoms with Crippen LogP contribution in [-0.4, -0.2) is 28.4 Å². The molecule has 0 spiro atoms. The van der Waals surface area contributed by atoms with Crippen LogP contribution >= 0.6 is 0 Å². The molecule has 1 saturated heterocycles. The minimum atomic E-state index is -1.08. The number of aliphatic carboxylic acids is 1. The molecule has 0 saturated carbocycles. The number of aliphatic hydroxyl groups is 1. The second-order valence-corrected chi connectivity index (χ2v) is 5.48. The summed E-state index contributed by atoms with van der Waals surface area (Å²) in [7, 11) is 0. The molecule has 4 nitrogen and oxygen atoms in total. The van der Waals surface area contributed by atoms with Gasteiger partial charge in [0.15, 0.2) is 0 Å². The predicted octanol–water partition coefficient (Wildman–Crippen LogP) is 3.27. The summed E-state index contributed by atoms with van der Waals surface area (Å²) in [6.07, 6.45) is 6.45. The highest BCUT2D eigenvalue weighted by Crippen LogP contribution is 2.36. The van der Waals surface area contributed by atoms with E-state index >= 15 is 0 Å². The maximum absolute atomic E-state index is 11.0. The van der Waals surface area contributed by atoms with Gasteiger partial charge in [-0.1, -0.05) is 52.2 Å². The van der Waals surface area contributed by atoms with Crippen molar-refractivity contribution in [3.05, 3.63) is 24.5 Å². The fourth-order valence-electron chi connectivity index (χ4n) is 2.66. The lowest BCUT2D eigenvalue weighted by molar-refractivity contribution is -0.133. The first-order chi connectivity index (χ1) is 9.49. The Bertz CT molecular complexity index is 361. The molecule has 0 bridgehead atoms. The zero-order valence-electron chi connectivity index (χ0n) is 12.3. The van der Waals surface area contributed by atoms with Crippen molar-refractivity contribution in [2.45, 2.75) is 64.1 Å². The third-order valence-corrected chi connectivity index (χ3v) is 3.89. The molecule has 1 heterocycles. The van der Waals surface area contributed by atoms with Gasteiger partial charge in [0.1, 0.15) is 18.0 Å². The molecule has 1 rings (SSSR count). The Kier molecular flexibility index (Phi) is 6.79. The lowest BCUT2D eigenvalue weighted by Crippen LogP contribution is -2.28. The molecule has 3 atom stereocenters. The van der Waals surface area contributed by atoms with Gasteiger partial charge in [0.25, 0.3) is 0 Å². The van der Waals surface area contributed by atoms with E-state index in [1.165, 1.54) is 25.7 Å². The Morgan fingerprint density at radius 2 is 1.85 bits per heavy atom. The number of ether oxygens (including phenoxy) is 1. The van der Waals surface area contributed by atoms with E-state index in [9.17, 15) is 9.90 Å². The van der Waals surface area contributed by atoms with Gasteiger partial charge in [-0.2, -0.15) is 0 Å². The molecular weight excluding hydrogens is 256 g/mol. The van der Waals surface area contributed by atoms with E-state index in [0.717, 1.165) is 19.3 Å². The molecule has 1 aliphatic rings. The van der Waals surface area contributed by atoms with Crippen molar-refractivity contribution in [2.24, 2.45) is 5.92 Å². The molecule has 4 heteroatoms. The van der Waals surface area contributed by atoms with Crippen LogP contribution in [-0.2, 0) is 9.53 Å². The van der Waals surface area contributed by atoms with Crippen molar-refractivity contribution in [3.8, 4) is 0 Å². The Morgan fingerprint density at radius 1 is 1.25 bits per heavy atom. The van der Waals surface area contributed by atoms with Crippen LogP contribution in [0.1, 0.15) is 51.9 Å². The topological polar surface area (TPSA) is 66.8 Å². The summed E-state index contributed by atoms with van der Waals surface area (Å²) >= 11 is 0. The number of carbonyl (C=O) groups is 1. The van der Waals surface area contributed by atoms with Crippen LogP contribution in [0.5, 0.6) is 0 Å². The van der Waals surface area contributed by atoms with Gasteiger partial charge in [-0.25, -0.2) is 4.79 Å². The van der Waals surface area contributed by atoms with Gasteiger partial charge in [-0.15, -0.1) is 0 Å². The number of unbranched alkanes of at least 4 members (excludes halogenated alkanes) is 5. The quantitative estimate of drug-likeness (QED) is 0.503. The number of hydrogen-bond acceptors (Lipinski definition) is 3. The third-order valence-electron chi connectivity index (χ3n) is 3.89. The van der Waals surface area contributed by atoms with E-state index in [1.54, 1.807) is 0 Å². The summed E-state index contributed by atoms with van der Waals surface area (Å²) in [4.78, 5) is 11.0. The van der Waals surface area contributed by atoms with E-state index < -0.39 is 18.0 Å². The smallest absolute Gasteiger partial charge is 0.331 e. The molecule has 1 fully saturated rings. The van der Waals surface area contributed by atoms with E-state index in [0.29, 0.717) is 0 Å². The SMILES string of the molecule is C=C(C(=O)O)[C@@H]1[C@@H](CCCCCCCC)OC(=C)[C@@H]1O. The Balaban J connectivity index is 2.44. The molecule has 0 amide bonds. The van der Waals surface area contributed by atoms with Crippen LogP contribution in [0.15, 0.2) is 24.5 Å². The molecule has 114 valence electrons. The van der Waals surface area contributed by atoms with Crippen LogP contribution in [0.4, 0.5) is 0 Å². The summed E-state index contributed by atoms with van der Waals surface area (Å²) in [6.45, 7) is 9.38. The molecule has 2 N–H and O–H groups in total. The fraction of sp³-hybridized carbons (Fsp3) is 0.688. The highest BCUT2D eigenvalue weighted by Gasteiger charge is 2.42. The second kappa shape index (κ2) is 8.10. The van der Waals surface area contributed by atoms with Crippen molar-refractivity contribution < 1.29 is 19.7 Å². The number of carboxylic acids is 1. The van der Waals surface area contributed by atoms with Crippen molar-refractivity contribution in [1.82, 2.24) is 0 Å². The minimum absolute atomic E-state index is 0.00660. The number of carboxylic acid groups (broad SMARTS) is 1. The summed E-state index contributed by atoms with van der Waals surface area (Å²) in [5, 5.41) is 19.0. The highest BCUT2D eigenvalue weighted by atomic mass is 16.5. The first-order valence-corrected chi connectivity index (χ1v) is 7.44. The second-order valence-electron chi connectivity index (χ2n) is 5.48. The average Bonchev–Trinajstić information content (AvgIpc) is 2.68. The molecular formula is C16H26O4. The number of rotatable bonds is 9. The van der Waals surface area contributed by atoms with Gasteiger partial charge >= 0.3 is 5.97 Å². The maximum Gasteiger partial charge on any atom is 0.331 e. The molecule has 0 aromatic rings. The largest absolute Gasteiger partial charge is 0.492 e. The van der Waals surface area contributed by atoms with E-state index in [4.69, 9.17) is 9.84 Å². The van der Waals surface area contributed by atoms with Crippen LogP contribution < -0.4 is 0 Å². The highest BCUT2D eigenvalue weighted by molar-refractivity contribution is 5.86. The molecule has 0 unspecified atom stereocenters. The zero-order chi connectivity index (χ0) is 15.1.